The molecule has 0 aromatic heterocycles. The molecule has 2 aliphatic heterocycles. The number of hydrogen-bond acceptors (Lipinski definition) is 4. The lowest BCUT2D eigenvalue weighted by Crippen LogP contribution is -2.48. The predicted molar refractivity (Wildman–Crippen MR) is 152 cm³/mol. The SMILES string of the molecule is O=C(c1ccc2c(c1)N(Cc1ccc(F)cc1)C(=O)c1ccccc1[S@]2=O)N1CCN(Cc2ccccc2)CC1. The average Bonchev–Trinajstić information content (AvgIpc) is 3.08. The highest BCUT2D eigenvalue weighted by Gasteiger charge is 2.32. The summed E-state index contributed by atoms with van der Waals surface area (Å²) in [7, 11) is -1.62. The molecule has 4 aromatic rings. The topological polar surface area (TPSA) is 60.9 Å². The number of nitrogens with zero attached hydrogens (tertiary/aromatic N) is 3. The zero-order valence-corrected chi connectivity index (χ0v) is 22.6. The van der Waals surface area contributed by atoms with E-state index in [2.05, 4.69) is 17.0 Å². The first-order valence-corrected chi connectivity index (χ1v) is 14.4. The number of benzene rings is 4. The molecular weight excluding hydrogens is 525 g/mol. The number of carbonyl (C=O) groups excluding carboxylic acids is 2. The maximum absolute atomic E-state index is 13.8. The van der Waals surface area contributed by atoms with Gasteiger partial charge >= 0.3 is 0 Å². The molecule has 0 spiro atoms. The molecule has 2 aliphatic rings. The second-order valence-corrected chi connectivity index (χ2v) is 11.4. The van der Waals surface area contributed by atoms with E-state index in [9.17, 15) is 18.2 Å². The summed E-state index contributed by atoms with van der Waals surface area (Å²) in [6, 6.07) is 28.2. The van der Waals surface area contributed by atoms with Gasteiger partial charge < -0.3 is 9.80 Å². The van der Waals surface area contributed by atoms with Crippen molar-refractivity contribution in [3.63, 3.8) is 0 Å². The lowest BCUT2D eigenvalue weighted by Gasteiger charge is -2.35. The van der Waals surface area contributed by atoms with E-state index in [1.54, 1.807) is 59.5 Å². The molecule has 0 bridgehead atoms. The number of anilines is 1. The summed E-state index contributed by atoms with van der Waals surface area (Å²) in [4.78, 5) is 34.0. The molecule has 6 rings (SSSR count). The summed E-state index contributed by atoms with van der Waals surface area (Å²) in [5, 5.41) is 0. The number of rotatable bonds is 5. The molecule has 2 heterocycles. The number of carbonyl (C=O) groups is 2. The Bertz CT molecular complexity index is 1590. The maximum atomic E-state index is 13.8. The Kier molecular flexibility index (Phi) is 7.28. The average molecular weight is 554 g/mol. The fourth-order valence-corrected chi connectivity index (χ4v) is 6.60. The van der Waals surface area contributed by atoms with Gasteiger partial charge in [0.05, 0.1) is 38.4 Å². The van der Waals surface area contributed by atoms with E-state index in [-0.39, 0.29) is 24.2 Å². The van der Waals surface area contributed by atoms with Crippen LogP contribution in [0.25, 0.3) is 0 Å². The van der Waals surface area contributed by atoms with Gasteiger partial charge in [-0.05, 0) is 53.6 Å². The van der Waals surface area contributed by atoms with Gasteiger partial charge in [-0.3, -0.25) is 14.5 Å². The van der Waals surface area contributed by atoms with Gasteiger partial charge in [0.1, 0.15) is 5.82 Å². The highest BCUT2D eigenvalue weighted by molar-refractivity contribution is 7.85. The normalized spacial score (nSPS) is 17.2. The van der Waals surface area contributed by atoms with E-state index < -0.39 is 10.8 Å². The second-order valence-electron chi connectivity index (χ2n) is 10.0. The summed E-state index contributed by atoms with van der Waals surface area (Å²) < 4.78 is 27.2. The maximum Gasteiger partial charge on any atom is 0.259 e. The molecule has 1 atom stereocenters. The molecule has 8 heteroatoms. The van der Waals surface area contributed by atoms with Crippen molar-refractivity contribution in [3.8, 4) is 0 Å². The van der Waals surface area contributed by atoms with Crippen LogP contribution in [0.1, 0.15) is 31.8 Å². The van der Waals surface area contributed by atoms with Gasteiger partial charge in [0, 0.05) is 38.3 Å². The summed E-state index contributed by atoms with van der Waals surface area (Å²) in [6.45, 7) is 3.71. The molecule has 0 aliphatic carbocycles. The molecule has 0 radical (unpaired) electrons. The summed E-state index contributed by atoms with van der Waals surface area (Å²) in [5.41, 5.74) is 3.18. The minimum Gasteiger partial charge on any atom is -0.336 e. The lowest BCUT2D eigenvalue weighted by atomic mass is 10.1. The zero-order chi connectivity index (χ0) is 27.6. The molecule has 0 saturated carbocycles. The smallest absolute Gasteiger partial charge is 0.259 e. The molecule has 0 unspecified atom stereocenters. The van der Waals surface area contributed by atoms with Gasteiger partial charge in [-0.25, -0.2) is 8.60 Å². The third kappa shape index (κ3) is 5.20. The van der Waals surface area contributed by atoms with Crippen LogP contribution in [0, 0.1) is 5.82 Å². The van der Waals surface area contributed by atoms with Crippen molar-refractivity contribution >= 4 is 28.3 Å². The van der Waals surface area contributed by atoms with E-state index in [1.165, 1.54) is 17.7 Å². The van der Waals surface area contributed by atoms with Gasteiger partial charge in [-0.15, -0.1) is 0 Å². The van der Waals surface area contributed by atoms with Crippen LogP contribution in [0.15, 0.2) is 107 Å². The molecule has 2 amide bonds. The first-order valence-electron chi connectivity index (χ1n) is 13.2. The number of halogens is 1. The fraction of sp³-hybridized carbons (Fsp3) is 0.188. The molecule has 0 N–H and O–H groups in total. The predicted octanol–water partition coefficient (Wildman–Crippen LogP) is 5.11. The van der Waals surface area contributed by atoms with E-state index in [4.69, 9.17) is 0 Å². The third-order valence-corrected chi connectivity index (χ3v) is 8.92. The van der Waals surface area contributed by atoms with Gasteiger partial charge in [0.15, 0.2) is 0 Å². The van der Waals surface area contributed by atoms with E-state index in [0.29, 0.717) is 39.7 Å². The summed E-state index contributed by atoms with van der Waals surface area (Å²) in [6.07, 6.45) is 0. The quantitative estimate of drug-likeness (QED) is 0.345. The highest BCUT2D eigenvalue weighted by Crippen LogP contribution is 2.36. The van der Waals surface area contributed by atoms with Gasteiger partial charge in [-0.1, -0.05) is 54.6 Å². The second kappa shape index (κ2) is 11.2. The van der Waals surface area contributed by atoms with E-state index in [0.717, 1.165) is 25.2 Å². The number of fused-ring (bicyclic) bond motifs is 2. The lowest BCUT2D eigenvalue weighted by molar-refractivity contribution is 0.0628. The van der Waals surface area contributed by atoms with Crippen LogP contribution in [0.2, 0.25) is 0 Å². The Hall–Kier alpha value is -4.14. The number of amides is 2. The Morgan fingerprint density at radius 3 is 2.17 bits per heavy atom. The molecular formula is C32H28FN3O3S. The van der Waals surface area contributed by atoms with Crippen molar-refractivity contribution in [3.05, 3.63) is 125 Å². The minimum absolute atomic E-state index is 0.121. The van der Waals surface area contributed by atoms with Gasteiger partial charge in [-0.2, -0.15) is 0 Å². The Balaban J connectivity index is 1.28. The van der Waals surface area contributed by atoms with Crippen molar-refractivity contribution in [2.75, 3.05) is 31.1 Å². The van der Waals surface area contributed by atoms with Gasteiger partial charge in [0.2, 0.25) is 0 Å². The Morgan fingerprint density at radius 2 is 1.43 bits per heavy atom. The van der Waals surface area contributed by atoms with E-state index in [1.807, 2.05) is 23.1 Å². The Labute approximate surface area is 235 Å². The van der Waals surface area contributed by atoms with Crippen molar-refractivity contribution in [1.29, 1.82) is 0 Å². The highest BCUT2D eigenvalue weighted by atomic mass is 32.2. The standard InChI is InChI=1S/C32H28FN3O3S/c33-26-13-10-24(11-14-26)22-36-28-20-25(12-15-30(28)40(39)29-9-5-4-8-27(29)32(36)38)31(37)35-18-16-34(17-19-35)21-23-6-2-1-3-7-23/h1-15,20H,16-19,21-22H2/t40-/m1/s1. The fourth-order valence-electron chi connectivity index (χ4n) is 5.26. The zero-order valence-electron chi connectivity index (χ0n) is 21.8. The molecule has 1 fully saturated rings. The van der Waals surface area contributed by atoms with Crippen molar-refractivity contribution in [2.24, 2.45) is 0 Å². The molecule has 202 valence electrons. The van der Waals surface area contributed by atoms with Crippen molar-refractivity contribution in [2.45, 2.75) is 22.9 Å². The van der Waals surface area contributed by atoms with Crippen LogP contribution in [0.5, 0.6) is 0 Å². The minimum atomic E-state index is -1.62. The van der Waals surface area contributed by atoms with Crippen molar-refractivity contribution in [1.82, 2.24) is 9.80 Å². The van der Waals surface area contributed by atoms with Crippen LogP contribution in [-0.4, -0.2) is 52.0 Å². The number of piperazine rings is 1. The molecule has 6 nitrogen and oxygen atoms in total. The largest absolute Gasteiger partial charge is 0.336 e. The van der Waals surface area contributed by atoms with Crippen LogP contribution >= 0.6 is 0 Å². The van der Waals surface area contributed by atoms with Crippen LogP contribution in [0.4, 0.5) is 10.1 Å². The van der Waals surface area contributed by atoms with E-state index >= 15 is 0 Å². The number of hydrogen-bond donors (Lipinski definition) is 0. The van der Waals surface area contributed by atoms with Crippen LogP contribution in [0.3, 0.4) is 0 Å². The van der Waals surface area contributed by atoms with Crippen LogP contribution < -0.4 is 4.90 Å². The van der Waals surface area contributed by atoms with Crippen LogP contribution in [-0.2, 0) is 23.9 Å². The van der Waals surface area contributed by atoms with Gasteiger partial charge in [0.25, 0.3) is 11.8 Å². The first kappa shape index (κ1) is 26.1. The Morgan fingerprint density at radius 1 is 0.750 bits per heavy atom. The molecule has 40 heavy (non-hydrogen) atoms. The first-order chi connectivity index (χ1) is 19.5. The monoisotopic (exact) mass is 553 g/mol. The molecule has 1 saturated heterocycles. The third-order valence-electron chi connectivity index (χ3n) is 7.42. The summed E-state index contributed by atoms with van der Waals surface area (Å²) in [5.74, 6) is -0.801. The van der Waals surface area contributed by atoms with Crippen molar-refractivity contribution < 1.29 is 18.2 Å². The summed E-state index contributed by atoms with van der Waals surface area (Å²) >= 11 is 0. The molecule has 4 aromatic carbocycles.